The lowest BCUT2D eigenvalue weighted by Crippen LogP contribution is -2.39. The van der Waals surface area contributed by atoms with Crippen molar-refractivity contribution in [2.45, 2.75) is 39.5 Å². The van der Waals surface area contributed by atoms with E-state index < -0.39 is 11.4 Å². The Balaban J connectivity index is 2.38. The Morgan fingerprint density at radius 1 is 1.39 bits per heavy atom. The largest absolute Gasteiger partial charge is 0.481 e. The highest BCUT2D eigenvalue weighted by molar-refractivity contribution is 5.79. The van der Waals surface area contributed by atoms with Crippen molar-refractivity contribution in [2.24, 2.45) is 5.41 Å². The third kappa shape index (κ3) is 3.70. The summed E-state index contributed by atoms with van der Waals surface area (Å²) in [6.45, 7) is 6.19. The van der Waals surface area contributed by atoms with Gasteiger partial charge in [0.2, 0.25) is 5.91 Å². The minimum atomic E-state index is -0.737. The van der Waals surface area contributed by atoms with Crippen molar-refractivity contribution in [1.82, 2.24) is 10.2 Å². The topological polar surface area (TPSA) is 69.6 Å². The number of unbranched alkanes of at least 4 members (excludes halogenated alkanes) is 1. The second kappa shape index (κ2) is 6.73. The maximum absolute atomic E-state index is 11.6. The molecule has 1 aliphatic heterocycles. The van der Waals surface area contributed by atoms with E-state index in [0.717, 1.165) is 12.8 Å². The van der Waals surface area contributed by atoms with Crippen molar-refractivity contribution in [3.05, 3.63) is 0 Å². The van der Waals surface area contributed by atoms with Crippen LogP contribution in [0.1, 0.15) is 39.5 Å². The second-order valence-electron chi connectivity index (χ2n) is 5.10. The molecule has 1 unspecified atom stereocenters. The molecule has 0 aromatic carbocycles. The van der Waals surface area contributed by atoms with E-state index in [1.54, 1.807) is 0 Å². The standard InChI is InChI=1S/C13H24N2O3/c1-3-5-7-14-11(16)9-15-8-6-13(4-2,10-15)12(17)18/h3-10H2,1-2H3,(H,14,16)(H,17,18). The molecule has 0 aromatic rings. The molecule has 1 aliphatic rings. The van der Waals surface area contributed by atoms with Gasteiger partial charge in [0.25, 0.3) is 0 Å². The van der Waals surface area contributed by atoms with Crippen molar-refractivity contribution in [2.75, 3.05) is 26.2 Å². The minimum Gasteiger partial charge on any atom is -0.481 e. The first-order chi connectivity index (χ1) is 8.54. The number of amides is 1. The van der Waals surface area contributed by atoms with Crippen LogP contribution in [0.5, 0.6) is 0 Å². The number of nitrogens with one attached hydrogen (secondary N) is 1. The fraction of sp³-hybridized carbons (Fsp3) is 0.846. The number of hydrogen-bond donors (Lipinski definition) is 2. The van der Waals surface area contributed by atoms with Gasteiger partial charge in [-0.15, -0.1) is 0 Å². The zero-order chi connectivity index (χ0) is 13.6. The van der Waals surface area contributed by atoms with Crippen LogP contribution in [0.25, 0.3) is 0 Å². The molecule has 1 saturated heterocycles. The summed E-state index contributed by atoms with van der Waals surface area (Å²) in [5.74, 6) is -0.736. The van der Waals surface area contributed by atoms with Gasteiger partial charge in [0.15, 0.2) is 0 Å². The Bertz CT molecular complexity index is 307. The molecule has 5 nitrogen and oxygen atoms in total. The molecule has 1 rings (SSSR count). The predicted molar refractivity (Wildman–Crippen MR) is 69.3 cm³/mol. The van der Waals surface area contributed by atoms with E-state index in [1.807, 2.05) is 11.8 Å². The third-order valence-corrected chi connectivity index (χ3v) is 3.78. The van der Waals surface area contributed by atoms with E-state index in [4.69, 9.17) is 0 Å². The Hall–Kier alpha value is -1.10. The van der Waals surface area contributed by atoms with E-state index >= 15 is 0 Å². The summed E-state index contributed by atoms with van der Waals surface area (Å²) in [5.41, 5.74) is -0.649. The van der Waals surface area contributed by atoms with Crippen molar-refractivity contribution < 1.29 is 14.7 Å². The molecule has 104 valence electrons. The van der Waals surface area contributed by atoms with Gasteiger partial charge >= 0.3 is 5.97 Å². The second-order valence-corrected chi connectivity index (χ2v) is 5.10. The van der Waals surface area contributed by atoms with Gasteiger partial charge in [-0.3, -0.25) is 14.5 Å². The van der Waals surface area contributed by atoms with E-state index in [9.17, 15) is 14.7 Å². The summed E-state index contributed by atoms with van der Waals surface area (Å²) in [4.78, 5) is 24.9. The van der Waals surface area contributed by atoms with E-state index in [-0.39, 0.29) is 5.91 Å². The third-order valence-electron chi connectivity index (χ3n) is 3.78. The maximum atomic E-state index is 11.6. The summed E-state index contributed by atoms with van der Waals surface area (Å²) in [6, 6.07) is 0. The van der Waals surface area contributed by atoms with Crippen LogP contribution in [0.4, 0.5) is 0 Å². The van der Waals surface area contributed by atoms with Gasteiger partial charge in [-0.25, -0.2) is 0 Å². The summed E-state index contributed by atoms with van der Waals surface area (Å²) >= 11 is 0. The molecule has 1 amide bonds. The summed E-state index contributed by atoms with van der Waals surface area (Å²) in [7, 11) is 0. The molecule has 1 atom stereocenters. The lowest BCUT2D eigenvalue weighted by molar-refractivity contribution is -0.148. The zero-order valence-corrected chi connectivity index (χ0v) is 11.4. The molecule has 0 bridgehead atoms. The highest BCUT2D eigenvalue weighted by atomic mass is 16.4. The summed E-state index contributed by atoms with van der Waals surface area (Å²) < 4.78 is 0. The highest BCUT2D eigenvalue weighted by Gasteiger charge is 2.43. The lowest BCUT2D eigenvalue weighted by Gasteiger charge is -2.22. The number of likely N-dealkylation sites (tertiary alicyclic amines) is 1. The molecular weight excluding hydrogens is 232 g/mol. The molecule has 5 heteroatoms. The molecule has 0 radical (unpaired) electrons. The fourth-order valence-electron chi connectivity index (χ4n) is 2.37. The first-order valence-electron chi connectivity index (χ1n) is 6.76. The molecule has 1 heterocycles. The molecule has 18 heavy (non-hydrogen) atoms. The van der Waals surface area contributed by atoms with Crippen LogP contribution in [0, 0.1) is 5.41 Å². The Kier molecular flexibility index (Phi) is 5.59. The molecule has 0 aromatic heterocycles. The van der Waals surface area contributed by atoms with Crippen LogP contribution in [0.2, 0.25) is 0 Å². The van der Waals surface area contributed by atoms with Gasteiger partial charge in [-0.2, -0.15) is 0 Å². The first-order valence-corrected chi connectivity index (χ1v) is 6.76. The van der Waals surface area contributed by atoms with Gasteiger partial charge in [-0.05, 0) is 25.8 Å². The number of carboxylic acid groups (broad SMARTS) is 1. The van der Waals surface area contributed by atoms with Gasteiger partial charge < -0.3 is 10.4 Å². The Morgan fingerprint density at radius 3 is 2.61 bits per heavy atom. The number of nitrogens with zero attached hydrogens (tertiary/aromatic N) is 1. The smallest absolute Gasteiger partial charge is 0.310 e. The van der Waals surface area contributed by atoms with Crippen molar-refractivity contribution in [1.29, 1.82) is 0 Å². The lowest BCUT2D eigenvalue weighted by atomic mass is 9.84. The van der Waals surface area contributed by atoms with Crippen LogP contribution < -0.4 is 5.32 Å². The van der Waals surface area contributed by atoms with Crippen LogP contribution in [-0.2, 0) is 9.59 Å². The van der Waals surface area contributed by atoms with Crippen LogP contribution in [-0.4, -0.2) is 48.1 Å². The van der Waals surface area contributed by atoms with Crippen molar-refractivity contribution in [3.8, 4) is 0 Å². The normalized spacial score (nSPS) is 24.1. The van der Waals surface area contributed by atoms with Crippen LogP contribution >= 0.6 is 0 Å². The Labute approximate surface area is 109 Å². The van der Waals surface area contributed by atoms with E-state index in [0.29, 0.717) is 39.0 Å². The van der Waals surface area contributed by atoms with Crippen LogP contribution in [0.15, 0.2) is 0 Å². The van der Waals surface area contributed by atoms with Crippen molar-refractivity contribution in [3.63, 3.8) is 0 Å². The van der Waals surface area contributed by atoms with Crippen LogP contribution in [0.3, 0.4) is 0 Å². The summed E-state index contributed by atoms with van der Waals surface area (Å²) in [5, 5.41) is 12.1. The molecule has 0 spiro atoms. The average Bonchev–Trinajstić information content (AvgIpc) is 2.74. The number of carbonyl (C=O) groups is 2. The molecule has 1 fully saturated rings. The van der Waals surface area contributed by atoms with Gasteiger partial charge in [0.1, 0.15) is 0 Å². The van der Waals surface area contributed by atoms with E-state index in [1.165, 1.54) is 0 Å². The first kappa shape index (κ1) is 15.0. The maximum Gasteiger partial charge on any atom is 0.310 e. The summed E-state index contributed by atoms with van der Waals surface area (Å²) in [6.07, 6.45) is 3.30. The quantitative estimate of drug-likeness (QED) is 0.669. The van der Waals surface area contributed by atoms with Crippen molar-refractivity contribution >= 4 is 11.9 Å². The minimum absolute atomic E-state index is 0.000687. The van der Waals surface area contributed by atoms with Gasteiger partial charge in [0.05, 0.1) is 12.0 Å². The Morgan fingerprint density at radius 2 is 2.11 bits per heavy atom. The number of hydrogen-bond acceptors (Lipinski definition) is 3. The highest BCUT2D eigenvalue weighted by Crippen LogP contribution is 2.33. The predicted octanol–water partition coefficient (Wildman–Crippen LogP) is 1.09. The molecule has 0 aliphatic carbocycles. The van der Waals surface area contributed by atoms with E-state index in [2.05, 4.69) is 12.2 Å². The number of aliphatic carboxylic acids is 1. The number of carbonyl (C=O) groups excluding carboxylic acids is 1. The number of rotatable bonds is 7. The zero-order valence-electron chi connectivity index (χ0n) is 11.4. The molecule has 0 saturated carbocycles. The van der Waals surface area contributed by atoms with Gasteiger partial charge in [-0.1, -0.05) is 20.3 Å². The average molecular weight is 256 g/mol. The number of carboxylic acids is 1. The molecule has 2 N–H and O–H groups in total. The fourth-order valence-corrected chi connectivity index (χ4v) is 2.37. The SMILES string of the molecule is CCCCNC(=O)CN1CCC(CC)(C(=O)O)C1. The molecular formula is C13H24N2O3. The van der Waals surface area contributed by atoms with Gasteiger partial charge in [0, 0.05) is 13.1 Å². The monoisotopic (exact) mass is 256 g/mol.